The molecule has 2 aromatic rings. The molecular weight excluding hydrogens is 256 g/mol. The molecule has 0 spiro atoms. The average molecular weight is 267 g/mol. The van der Waals surface area contributed by atoms with Crippen LogP contribution < -0.4 is 5.32 Å². The number of aromatic nitrogens is 2. The number of likely N-dealkylation sites (N-methyl/N-ethyl adjacent to an activating group) is 1. The first kappa shape index (κ1) is 13.2. The zero-order valence-corrected chi connectivity index (χ0v) is 9.95. The molecule has 1 unspecified atom stereocenters. The van der Waals surface area contributed by atoms with E-state index in [1.54, 1.807) is 0 Å². The number of hydrogen-bond donors (Lipinski definition) is 3. The van der Waals surface area contributed by atoms with Gasteiger partial charge < -0.3 is 15.4 Å². The Morgan fingerprint density at radius 3 is 2.84 bits per heavy atom. The SMILES string of the molecule is CNC(C(=O)O)c1ncc(-c2cc(F)ccc2F)[nH]1. The molecule has 1 atom stereocenters. The van der Waals surface area contributed by atoms with Crippen molar-refractivity contribution in [1.29, 1.82) is 0 Å². The van der Waals surface area contributed by atoms with Crippen molar-refractivity contribution in [1.82, 2.24) is 15.3 Å². The number of H-pyrrole nitrogens is 1. The van der Waals surface area contributed by atoms with Gasteiger partial charge in [-0.1, -0.05) is 0 Å². The summed E-state index contributed by atoms with van der Waals surface area (Å²) in [5, 5.41) is 11.5. The molecule has 0 aliphatic rings. The zero-order valence-electron chi connectivity index (χ0n) is 9.95. The number of hydrogen-bond acceptors (Lipinski definition) is 3. The van der Waals surface area contributed by atoms with Gasteiger partial charge in [-0.2, -0.15) is 0 Å². The van der Waals surface area contributed by atoms with Gasteiger partial charge >= 0.3 is 5.97 Å². The maximum Gasteiger partial charge on any atom is 0.328 e. The minimum Gasteiger partial charge on any atom is -0.480 e. The second-order valence-electron chi connectivity index (χ2n) is 3.87. The Morgan fingerprint density at radius 1 is 1.47 bits per heavy atom. The van der Waals surface area contributed by atoms with Crippen LogP contribution in [0.1, 0.15) is 11.9 Å². The summed E-state index contributed by atoms with van der Waals surface area (Å²) in [5.74, 6) is -2.21. The summed E-state index contributed by atoms with van der Waals surface area (Å²) in [5.41, 5.74) is 0.215. The van der Waals surface area contributed by atoms with Gasteiger partial charge in [0.25, 0.3) is 0 Å². The Labute approximate surface area is 107 Å². The third kappa shape index (κ3) is 2.60. The molecule has 0 aliphatic heterocycles. The molecule has 0 fully saturated rings. The Hall–Kier alpha value is -2.28. The minimum absolute atomic E-state index is 0.000933. The number of nitrogens with one attached hydrogen (secondary N) is 2. The highest BCUT2D eigenvalue weighted by Crippen LogP contribution is 2.23. The maximum absolute atomic E-state index is 13.6. The molecule has 5 nitrogen and oxygen atoms in total. The maximum atomic E-state index is 13.6. The first-order valence-corrected chi connectivity index (χ1v) is 5.43. The van der Waals surface area contributed by atoms with E-state index in [2.05, 4.69) is 15.3 Å². The van der Waals surface area contributed by atoms with Gasteiger partial charge in [-0.05, 0) is 25.2 Å². The summed E-state index contributed by atoms with van der Waals surface area (Å²) < 4.78 is 26.6. The molecule has 0 bridgehead atoms. The number of aliphatic carboxylic acids is 1. The lowest BCUT2D eigenvalue weighted by molar-refractivity contribution is -0.139. The Kier molecular flexibility index (Phi) is 3.57. The molecule has 0 saturated heterocycles. The predicted octanol–water partition coefficient (Wildman–Crippen LogP) is 1.70. The van der Waals surface area contributed by atoms with Crippen LogP contribution in [0.2, 0.25) is 0 Å². The lowest BCUT2D eigenvalue weighted by Crippen LogP contribution is -2.26. The van der Waals surface area contributed by atoms with Gasteiger partial charge in [0.05, 0.1) is 11.9 Å². The van der Waals surface area contributed by atoms with Crippen LogP contribution >= 0.6 is 0 Å². The number of benzene rings is 1. The summed E-state index contributed by atoms with van der Waals surface area (Å²) >= 11 is 0. The molecule has 1 heterocycles. The molecule has 0 saturated carbocycles. The van der Waals surface area contributed by atoms with E-state index in [-0.39, 0.29) is 17.1 Å². The summed E-state index contributed by atoms with van der Waals surface area (Å²) in [6.45, 7) is 0. The standard InChI is InChI=1S/C12H11F2N3O2/c1-15-10(12(18)19)11-16-5-9(17-11)7-4-6(13)2-3-8(7)14/h2-5,10,15H,1H3,(H,16,17)(H,18,19). The normalized spacial score (nSPS) is 12.4. The van der Waals surface area contributed by atoms with E-state index in [4.69, 9.17) is 5.11 Å². The summed E-state index contributed by atoms with van der Waals surface area (Å²) in [4.78, 5) is 17.5. The summed E-state index contributed by atoms with van der Waals surface area (Å²) in [6.07, 6.45) is 1.26. The molecule has 3 N–H and O–H groups in total. The van der Waals surface area contributed by atoms with Gasteiger partial charge in [0.1, 0.15) is 17.5 Å². The number of halogens is 2. The van der Waals surface area contributed by atoms with Crippen LogP contribution in [0, 0.1) is 11.6 Å². The summed E-state index contributed by atoms with van der Waals surface area (Å²) in [6, 6.07) is 1.98. The van der Waals surface area contributed by atoms with Crippen molar-refractivity contribution in [2.75, 3.05) is 7.05 Å². The fraction of sp³-hybridized carbons (Fsp3) is 0.167. The van der Waals surface area contributed by atoms with E-state index in [9.17, 15) is 13.6 Å². The van der Waals surface area contributed by atoms with Crippen molar-refractivity contribution in [3.8, 4) is 11.3 Å². The van der Waals surface area contributed by atoms with Gasteiger partial charge in [-0.3, -0.25) is 4.79 Å². The van der Waals surface area contributed by atoms with E-state index in [0.717, 1.165) is 18.2 Å². The van der Waals surface area contributed by atoms with Gasteiger partial charge in [0, 0.05) is 5.56 Å². The molecule has 0 aliphatic carbocycles. The lowest BCUT2D eigenvalue weighted by Gasteiger charge is -2.07. The van der Waals surface area contributed by atoms with Crippen molar-refractivity contribution in [2.45, 2.75) is 6.04 Å². The summed E-state index contributed by atoms with van der Waals surface area (Å²) in [7, 11) is 1.46. The van der Waals surface area contributed by atoms with E-state index in [0.29, 0.717) is 0 Å². The van der Waals surface area contributed by atoms with E-state index in [1.165, 1.54) is 13.2 Å². The topological polar surface area (TPSA) is 78.0 Å². The van der Waals surface area contributed by atoms with Gasteiger partial charge in [-0.15, -0.1) is 0 Å². The third-order valence-electron chi connectivity index (χ3n) is 2.62. The number of aromatic amines is 1. The fourth-order valence-corrected chi connectivity index (χ4v) is 1.70. The van der Waals surface area contributed by atoms with E-state index < -0.39 is 23.6 Å². The fourth-order valence-electron chi connectivity index (χ4n) is 1.70. The van der Waals surface area contributed by atoms with Crippen LogP contribution in [0.25, 0.3) is 11.3 Å². The molecule has 0 amide bonds. The number of carboxylic acids is 1. The first-order valence-electron chi connectivity index (χ1n) is 5.43. The molecule has 1 aromatic carbocycles. The first-order chi connectivity index (χ1) is 9.02. The predicted molar refractivity (Wildman–Crippen MR) is 63.4 cm³/mol. The molecule has 7 heteroatoms. The van der Waals surface area contributed by atoms with Crippen LogP contribution in [-0.2, 0) is 4.79 Å². The molecule has 19 heavy (non-hydrogen) atoms. The number of carboxylic acid groups (broad SMARTS) is 1. The molecule has 0 radical (unpaired) electrons. The minimum atomic E-state index is -1.12. The Bertz CT molecular complexity index is 613. The van der Waals surface area contributed by atoms with Crippen LogP contribution in [-0.4, -0.2) is 28.1 Å². The molecule has 100 valence electrons. The zero-order chi connectivity index (χ0) is 14.0. The van der Waals surface area contributed by atoms with Gasteiger partial charge in [-0.25, -0.2) is 13.8 Å². The monoisotopic (exact) mass is 267 g/mol. The van der Waals surface area contributed by atoms with Crippen LogP contribution in [0.4, 0.5) is 8.78 Å². The number of nitrogens with zero attached hydrogens (tertiary/aromatic N) is 1. The van der Waals surface area contributed by atoms with Crippen molar-refractivity contribution in [3.63, 3.8) is 0 Å². The molecule has 2 rings (SSSR count). The molecule has 1 aromatic heterocycles. The van der Waals surface area contributed by atoms with Crippen LogP contribution in [0.5, 0.6) is 0 Å². The smallest absolute Gasteiger partial charge is 0.328 e. The van der Waals surface area contributed by atoms with Crippen LogP contribution in [0.15, 0.2) is 24.4 Å². The molecular formula is C12H11F2N3O2. The highest BCUT2D eigenvalue weighted by molar-refractivity contribution is 5.74. The largest absolute Gasteiger partial charge is 0.480 e. The second-order valence-corrected chi connectivity index (χ2v) is 3.87. The lowest BCUT2D eigenvalue weighted by atomic mass is 10.1. The van der Waals surface area contributed by atoms with Crippen LogP contribution in [0.3, 0.4) is 0 Å². The third-order valence-corrected chi connectivity index (χ3v) is 2.62. The Morgan fingerprint density at radius 2 is 2.21 bits per heavy atom. The Balaban J connectivity index is 2.40. The van der Waals surface area contributed by atoms with Gasteiger partial charge in [0.2, 0.25) is 0 Å². The average Bonchev–Trinajstić information content (AvgIpc) is 2.82. The highest BCUT2D eigenvalue weighted by atomic mass is 19.1. The number of imidazole rings is 1. The quantitative estimate of drug-likeness (QED) is 0.788. The van der Waals surface area contributed by atoms with E-state index in [1.807, 2.05) is 0 Å². The van der Waals surface area contributed by atoms with Crippen molar-refractivity contribution >= 4 is 5.97 Å². The van der Waals surface area contributed by atoms with Crippen molar-refractivity contribution in [2.24, 2.45) is 0 Å². The second kappa shape index (κ2) is 5.15. The number of carbonyl (C=O) groups is 1. The van der Waals surface area contributed by atoms with Gasteiger partial charge in [0.15, 0.2) is 6.04 Å². The van der Waals surface area contributed by atoms with Crippen molar-refractivity contribution < 1.29 is 18.7 Å². The van der Waals surface area contributed by atoms with Crippen molar-refractivity contribution in [3.05, 3.63) is 41.9 Å². The highest BCUT2D eigenvalue weighted by Gasteiger charge is 2.21. The van der Waals surface area contributed by atoms with E-state index >= 15 is 0 Å². The number of rotatable bonds is 4.